The molecule has 1 aromatic carbocycles. The number of hydrogen-bond acceptors (Lipinski definition) is 5. The van der Waals surface area contributed by atoms with E-state index in [2.05, 4.69) is 15.3 Å². The lowest BCUT2D eigenvalue weighted by Crippen LogP contribution is -2.29. The summed E-state index contributed by atoms with van der Waals surface area (Å²) in [5.41, 5.74) is 2.32. The van der Waals surface area contributed by atoms with E-state index >= 15 is 0 Å². The predicted octanol–water partition coefficient (Wildman–Crippen LogP) is 5.26. The SMILES string of the molecule is O=C(O)c1ccc(Cl)c(-c2ccc([C@@H]3[C@@H](c4ccccn4)NC(=S)N3Cc3ccccn3)o2)c1. The van der Waals surface area contributed by atoms with E-state index in [1.165, 1.54) is 12.1 Å². The first kappa shape index (κ1) is 22.1. The molecule has 0 aliphatic carbocycles. The zero-order valence-electron chi connectivity index (χ0n) is 17.8. The van der Waals surface area contributed by atoms with E-state index in [1.807, 2.05) is 47.4 Å². The van der Waals surface area contributed by atoms with Gasteiger partial charge in [-0.2, -0.15) is 0 Å². The zero-order valence-corrected chi connectivity index (χ0v) is 19.3. The maximum absolute atomic E-state index is 11.4. The van der Waals surface area contributed by atoms with Crippen LogP contribution in [0.5, 0.6) is 0 Å². The standard InChI is InChI=1S/C25H19ClN4O3S/c26-18-8-7-15(24(31)32)13-17(18)20-9-10-21(33-20)23-22(19-6-2-4-12-28-19)29-25(34)30(23)14-16-5-1-3-11-27-16/h1-13,22-23H,14H2,(H,29,34)(H,31,32)/t22-,23-/m1/s1. The molecule has 9 heteroatoms. The van der Waals surface area contributed by atoms with Gasteiger partial charge in [0.15, 0.2) is 5.11 Å². The summed E-state index contributed by atoms with van der Waals surface area (Å²) in [6.45, 7) is 0.478. The molecule has 1 aliphatic rings. The minimum Gasteiger partial charge on any atom is -0.478 e. The van der Waals surface area contributed by atoms with Gasteiger partial charge in [0, 0.05) is 18.0 Å². The fraction of sp³-hybridized carbons (Fsp3) is 0.120. The van der Waals surface area contributed by atoms with Crippen LogP contribution in [0.25, 0.3) is 11.3 Å². The molecule has 4 heterocycles. The average molecular weight is 491 g/mol. The number of nitrogens with zero attached hydrogens (tertiary/aromatic N) is 3. The van der Waals surface area contributed by atoms with Gasteiger partial charge in [0.05, 0.1) is 34.6 Å². The number of furan rings is 1. The highest BCUT2D eigenvalue weighted by atomic mass is 35.5. The second kappa shape index (κ2) is 9.24. The van der Waals surface area contributed by atoms with Gasteiger partial charge in [-0.1, -0.05) is 23.7 Å². The van der Waals surface area contributed by atoms with Crippen LogP contribution in [0.15, 0.2) is 83.5 Å². The molecule has 34 heavy (non-hydrogen) atoms. The van der Waals surface area contributed by atoms with E-state index in [9.17, 15) is 9.90 Å². The summed E-state index contributed by atoms with van der Waals surface area (Å²) in [5.74, 6) is 0.0796. The molecule has 4 aromatic rings. The fourth-order valence-corrected chi connectivity index (χ4v) is 4.57. The molecule has 1 fully saturated rings. The van der Waals surface area contributed by atoms with Crippen molar-refractivity contribution < 1.29 is 14.3 Å². The van der Waals surface area contributed by atoms with Crippen LogP contribution >= 0.6 is 23.8 Å². The molecule has 0 bridgehead atoms. The zero-order chi connectivity index (χ0) is 23.7. The summed E-state index contributed by atoms with van der Waals surface area (Å²) < 4.78 is 6.27. The Balaban J connectivity index is 1.56. The Morgan fingerprint density at radius 1 is 1.09 bits per heavy atom. The summed E-state index contributed by atoms with van der Waals surface area (Å²) in [6, 6.07) is 19.1. The molecule has 2 N–H and O–H groups in total. The Morgan fingerprint density at radius 2 is 1.88 bits per heavy atom. The maximum Gasteiger partial charge on any atom is 0.335 e. The second-order valence-corrected chi connectivity index (χ2v) is 8.57. The average Bonchev–Trinajstić information content (AvgIpc) is 3.45. The molecule has 0 radical (unpaired) electrons. The van der Waals surface area contributed by atoms with Crippen LogP contribution in [0.1, 0.15) is 39.6 Å². The van der Waals surface area contributed by atoms with E-state index in [1.54, 1.807) is 24.5 Å². The first-order valence-corrected chi connectivity index (χ1v) is 11.3. The van der Waals surface area contributed by atoms with Crippen LogP contribution in [0.2, 0.25) is 5.02 Å². The third-order valence-electron chi connectivity index (χ3n) is 5.65. The van der Waals surface area contributed by atoms with Gasteiger partial charge in [0.2, 0.25) is 0 Å². The normalized spacial score (nSPS) is 17.6. The first-order chi connectivity index (χ1) is 16.5. The molecular weight excluding hydrogens is 472 g/mol. The summed E-state index contributed by atoms with van der Waals surface area (Å²) in [4.78, 5) is 22.4. The molecule has 0 unspecified atom stereocenters. The summed E-state index contributed by atoms with van der Waals surface area (Å²) in [5, 5.41) is 13.7. The Bertz CT molecular complexity index is 1350. The number of hydrogen-bond donors (Lipinski definition) is 2. The van der Waals surface area contributed by atoms with E-state index < -0.39 is 5.97 Å². The molecule has 0 spiro atoms. The van der Waals surface area contributed by atoms with Gasteiger partial charge in [0.1, 0.15) is 17.6 Å². The molecule has 1 saturated heterocycles. The molecule has 5 rings (SSSR count). The lowest BCUT2D eigenvalue weighted by Gasteiger charge is -2.25. The van der Waals surface area contributed by atoms with Gasteiger partial charge in [-0.05, 0) is 66.8 Å². The molecule has 7 nitrogen and oxygen atoms in total. The van der Waals surface area contributed by atoms with Crippen LogP contribution in [0.4, 0.5) is 0 Å². The van der Waals surface area contributed by atoms with Crippen molar-refractivity contribution in [2.45, 2.75) is 18.6 Å². The Morgan fingerprint density at radius 3 is 2.59 bits per heavy atom. The van der Waals surface area contributed by atoms with E-state index in [0.717, 1.165) is 11.4 Å². The van der Waals surface area contributed by atoms with E-state index in [-0.39, 0.29) is 17.6 Å². The molecule has 0 amide bonds. The van der Waals surface area contributed by atoms with Crippen molar-refractivity contribution in [3.05, 3.63) is 107 Å². The summed E-state index contributed by atoms with van der Waals surface area (Å²) in [6.07, 6.45) is 3.48. The fourth-order valence-electron chi connectivity index (χ4n) is 4.05. The van der Waals surface area contributed by atoms with Crippen molar-refractivity contribution in [2.75, 3.05) is 0 Å². The number of nitrogens with one attached hydrogen (secondary N) is 1. The molecule has 0 saturated carbocycles. The summed E-state index contributed by atoms with van der Waals surface area (Å²) in [7, 11) is 0. The quantitative estimate of drug-likeness (QED) is 0.353. The third kappa shape index (κ3) is 4.25. The Labute approximate surface area is 206 Å². The first-order valence-electron chi connectivity index (χ1n) is 10.5. The van der Waals surface area contributed by atoms with Crippen molar-refractivity contribution in [3.8, 4) is 11.3 Å². The van der Waals surface area contributed by atoms with Gasteiger partial charge in [-0.15, -0.1) is 0 Å². The third-order valence-corrected chi connectivity index (χ3v) is 6.34. The van der Waals surface area contributed by atoms with Crippen LogP contribution in [0.3, 0.4) is 0 Å². The second-order valence-electron chi connectivity index (χ2n) is 7.78. The van der Waals surface area contributed by atoms with Crippen molar-refractivity contribution in [2.24, 2.45) is 0 Å². The largest absolute Gasteiger partial charge is 0.478 e. The van der Waals surface area contributed by atoms with Crippen molar-refractivity contribution in [1.29, 1.82) is 0 Å². The highest BCUT2D eigenvalue weighted by molar-refractivity contribution is 7.80. The maximum atomic E-state index is 11.4. The number of benzene rings is 1. The molecular formula is C25H19ClN4O3S. The Kier molecular flexibility index (Phi) is 6.00. The van der Waals surface area contributed by atoms with Gasteiger partial charge >= 0.3 is 5.97 Å². The van der Waals surface area contributed by atoms with Gasteiger partial charge in [-0.3, -0.25) is 9.97 Å². The number of aromatic nitrogens is 2. The van der Waals surface area contributed by atoms with Crippen molar-refractivity contribution in [3.63, 3.8) is 0 Å². The highest BCUT2D eigenvalue weighted by Gasteiger charge is 2.41. The summed E-state index contributed by atoms with van der Waals surface area (Å²) >= 11 is 12.1. The van der Waals surface area contributed by atoms with Gasteiger partial charge < -0.3 is 19.7 Å². The lowest BCUT2D eigenvalue weighted by molar-refractivity contribution is 0.0697. The number of pyridine rings is 2. The smallest absolute Gasteiger partial charge is 0.335 e. The minimum absolute atomic E-state index is 0.129. The van der Waals surface area contributed by atoms with Gasteiger partial charge in [0.25, 0.3) is 0 Å². The number of carboxylic acid groups (broad SMARTS) is 1. The van der Waals surface area contributed by atoms with Crippen LogP contribution in [-0.4, -0.2) is 31.1 Å². The lowest BCUT2D eigenvalue weighted by atomic mass is 10.0. The highest BCUT2D eigenvalue weighted by Crippen LogP contribution is 2.41. The minimum atomic E-state index is -1.04. The predicted molar refractivity (Wildman–Crippen MR) is 131 cm³/mol. The monoisotopic (exact) mass is 490 g/mol. The topological polar surface area (TPSA) is 91.5 Å². The van der Waals surface area contributed by atoms with Crippen molar-refractivity contribution in [1.82, 2.24) is 20.2 Å². The van der Waals surface area contributed by atoms with E-state index in [0.29, 0.717) is 33.8 Å². The van der Waals surface area contributed by atoms with Crippen LogP contribution in [0, 0.1) is 0 Å². The van der Waals surface area contributed by atoms with E-state index in [4.69, 9.17) is 28.2 Å². The number of carbonyl (C=O) groups is 1. The number of aromatic carboxylic acids is 1. The van der Waals surface area contributed by atoms with Gasteiger partial charge in [-0.25, -0.2) is 4.79 Å². The number of halogens is 1. The molecule has 170 valence electrons. The Hall–Kier alpha value is -3.75. The molecule has 1 aliphatic heterocycles. The van der Waals surface area contributed by atoms with Crippen molar-refractivity contribution >= 4 is 34.9 Å². The number of carboxylic acids is 1. The number of rotatable bonds is 6. The molecule has 2 atom stereocenters. The van der Waals surface area contributed by atoms with Crippen LogP contribution < -0.4 is 5.32 Å². The van der Waals surface area contributed by atoms with Crippen LogP contribution in [-0.2, 0) is 6.54 Å². The number of thiocarbonyl (C=S) groups is 1. The molecule has 3 aromatic heterocycles.